The molecule has 4 rings (SSSR count). The highest BCUT2D eigenvalue weighted by molar-refractivity contribution is 5.99. The molecule has 1 amide bonds. The number of rotatable bonds is 6. The summed E-state index contributed by atoms with van der Waals surface area (Å²) in [5.41, 5.74) is 12.0. The fraction of sp³-hybridized carbons (Fsp3) is 0.357. The largest absolute Gasteiger partial charge is 0.496 e. The predicted molar refractivity (Wildman–Crippen MR) is 140 cm³/mol. The van der Waals surface area contributed by atoms with Gasteiger partial charge in [0.25, 0.3) is 5.91 Å². The van der Waals surface area contributed by atoms with Gasteiger partial charge in [-0.2, -0.15) is 0 Å². The molecule has 184 valence electrons. The molecule has 1 fully saturated rings. The van der Waals surface area contributed by atoms with Gasteiger partial charge in [-0.1, -0.05) is 12.1 Å². The number of nitrogens with zero attached hydrogens (tertiary/aromatic N) is 3. The Kier molecular flexibility index (Phi) is 6.98. The summed E-state index contributed by atoms with van der Waals surface area (Å²) in [6, 6.07) is 13.3. The Morgan fingerprint density at radius 3 is 1.94 bits per heavy atom. The van der Waals surface area contributed by atoms with Crippen LogP contribution in [-0.2, 0) is 0 Å². The third kappa shape index (κ3) is 4.68. The van der Waals surface area contributed by atoms with Gasteiger partial charge in [-0.3, -0.25) is 14.7 Å². The minimum absolute atomic E-state index is 0.226. The minimum Gasteiger partial charge on any atom is -0.496 e. The lowest BCUT2D eigenvalue weighted by atomic mass is 9.94. The molecule has 1 aromatic heterocycles. The van der Waals surface area contributed by atoms with Crippen LogP contribution >= 0.6 is 0 Å². The summed E-state index contributed by atoms with van der Waals surface area (Å²) in [5, 5.41) is 0. The van der Waals surface area contributed by atoms with Crippen LogP contribution in [0.2, 0.25) is 0 Å². The number of anilines is 1. The number of hydrogen-bond donors (Lipinski definition) is 1. The number of piperazine rings is 1. The molecular formula is C28H34N4O3. The van der Waals surface area contributed by atoms with Gasteiger partial charge >= 0.3 is 0 Å². The topological polar surface area (TPSA) is 80.9 Å². The van der Waals surface area contributed by atoms with Crippen LogP contribution in [0.5, 0.6) is 11.5 Å². The molecule has 35 heavy (non-hydrogen) atoms. The maximum Gasteiger partial charge on any atom is 0.256 e. The molecule has 1 aliphatic heterocycles. The van der Waals surface area contributed by atoms with Crippen LogP contribution in [0.25, 0.3) is 22.3 Å². The zero-order valence-corrected chi connectivity index (χ0v) is 21.3. The van der Waals surface area contributed by atoms with E-state index in [-0.39, 0.29) is 5.56 Å². The molecule has 7 nitrogen and oxygen atoms in total. The van der Waals surface area contributed by atoms with Crippen molar-refractivity contribution in [1.82, 2.24) is 9.88 Å². The monoisotopic (exact) mass is 474 g/mol. The first-order valence-electron chi connectivity index (χ1n) is 11.8. The molecular weight excluding hydrogens is 440 g/mol. The van der Waals surface area contributed by atoms with E-state index in [1.54, 1.807) is 12.1 Å². The normalized spacial score (nSPS) is 18.4. The Morgan fingerprint density at radius 2 is 1.46 bits per heavy atom. The van der Waals surface area contributed by atoms with Crippen molar-refractivity contribution in [3.63, 3.8) is 0 Å². The number of aromatic nitrogens is 1. The summed E-state index contributed by atoms with van der Waals surface area (Å²) in [6.45, 7) is 8.66. The fourth-order valence-corrected chi connectivity index (χ4v) is 4.88. The summed E-state index contributed by atoms with van der Waals surface area (Å²) in [6.07, 6.45) is 3.71. The number of hydrogen-bond acceptors (Lipinski definition) is 6. The van der Waals surface area contributed by atoms with Gasteiger partial charge in [-0.15, -0.1) is 0 Å². The number of nitrogens with two attached hydrogens (primary N) is 1. The van der Waals surface area contributed by atoms with Crippen molar-refractivity contribution in [2.75, 3.05) is 39.3 Å². The highest BCUT2D eigenvalue weighted by Gasteiger charge is 2.26. The van der Waals surface area contributed by atoms with Crippen molar-refractivity contribution in [2.24, 2.45) is 5.73 Å². The molecule has 0 spiro atoms. The summed E-state index contributed by atoms with van der Waals surface area (Å²) < 4.78 is 10.9. The van der Waals surface area contributed by atoms with E-state index in [9.17, 15) is 4.79 Å². The second-order valence-electron chi connectivity index (χ2n) is 9.30. The van der Waals surface area contributed by atoms with E-state index >= 15 is 0 Å². The third-order valence-electron chi connectivity index (χ3n) is 7.18. The first kappa shape index (κ1) is 24.5. The van der Waals surface area contributed by atoms with Gasteiger partial charge in [0.2, 0.25) is 0 Å². The fourth-order valence-electron chi connectivity index (χ4n) is 4.88. The van der Waals surface area contributed by atoms with Gasteiger partial charge in [0.15, 0.2) is 0 Å². The van der Waals surface area contributed by atoms with Crippen molar-refractivity contribution in [3.05, 3.63) is 59.9 Å². The van der Waals surface area contributed by atoms with Crippen LogP contribution in [0.4, 0.5) is 5.69 Å². The molecule has 7 heteroatoms. The molecule has 2 N–H and O–H groups in total. The SMILES string of the molecule is COc1cc(-c2cncc(-c3ccc(N4C[C@@H](C)N(C)[C@@H](C)C4)cc3)c2C)cc(OC)c1C(N)=O. The first-order chi connectivity index (χ1) is 16.7. The van der Waals surface area contributed by atoms with Gasteiger partial charge in [0, 0.05) is 54.4 Å². The Labute approximate surface area is 207 Å². The molecule has 0 unspecified atom stereocenters. The highest BCUT2D eigenvalue weighted by atomic mass is 16.5. The van der Waals surface area contributed by atoms with Gasteiger partial charge in [0.1, 0.15) is 17.1 Å². The maximum absolute atomic E-state index is 12.0. The number of benzene rings is 2. The maximum atomic E-state index is 12.0. The lowest BCUT2D eigenvalue weighted by Crippen LogP contribution is -2.55. The summed E-state index contributed by atoms with van der Waals surface area (Å²) in [7, 11) is 5.22. The average Bonchev–Trinajstić information content (AvgIpc) is 2.86. The van der Waals surface area contributed by atoms with E-state index in [0.717, 1.165) is 40.9 Å². The van der Waals surface area contributed by atoms with Gasteiger partial charge < -0.3 is 20.1 Å². The van der Waals surface area contributed by atoms with Crippen LogP contribution < -0.4 is 20.1 Å². The summed E-state index contributed by atoms with van der Waals surface area (Å²) in [4.78, 5) is 21.4. The zero-order chi connectivity index (χ0) is 25.3. The Morgan fingerprint density at radius 1 is 0.943 bits per heavy atom. The average molecular weight is 475 g/mol. The molecule has 2 aromatic carbocycles. The van der Waals surface area contributed by atoms with Crippen molar-refractivity contribution in [1.29, 1.82) is 0 Å². The number of methoxy groups -OCH3 is 2. The molecule has 0 saturated carbocycles. The molecule has 0 bridgehead atoms. The Hall–Kier alpha value is -3.58. The van der Waals surface area contributed by atoms with Crippen LogP contribution in [0.15, 0.2) is 48.8 Å². The third-order valence-corrected chi connectivity index (χ3v) is 7.18. The van der Waals surface area contributed by atoms with Crippen LogP contribution in [0, 0.1) is 6.92 Å². The Bertz CT molecular complexity index is 1190. The van der Waals surface area contributed by atoms with E-state index in [1.807, 2.05) is 12.4 Å². The van der Waals surface area contributed by atoms with E-state index < -0.39 is 5.91 Å². The first-order valence-corrected chi connectivity index (χ1v) is 11.8. The molecule has 0 radical (unpaired) electrons. The van der Waals surface area contributed by atoms with E-state index in [4.69, 9.17) is 15.2 Å². The van der Waals surface area contributed by atoms with E-state index in [1.165, 1.54) is 19.9 Å². The zero-order valence-electron chi connectivity index (χ0n) is 21.3. The smallest absolute Gasteiger partial charge is 0.256 e. The standard InChI is InChI=1S/C28H34N4O3/c1-17-15-32(16-18(2)31(17)4)22-9-7-20(8-10-22)23-13-30-14-24(19(23)3)21-11-25(34-5)27(28(29)33)26(12-21)35-6/h7-14,17-18H,15-16H2,1-6H3,(H2,29,33)/t17-,18+. The second kappa shape index (κ2) is 9.96. The van der Waals surface area contributed by atoms with E-state index in [0.29, 0.717) is 23.6 Å². The highest BCUT2D eigenvalue weighted by Crippen LogP contribution is 2.38. The predicted octanol–water partition coefficient (Wildman–Crippen LogP) is 4.37. The summed E-state index contributed by atoms with van der Waals surface area (Å²) >= 11 is 0. The number of likely N-dealkylation sites (N-methyl/N-ethyl adjacent to an activating group) is 1. The minimum atomic E-state index is -0.599. The van der Waals surface area contributed by atoms with Crippen LogP contribution in [0.3, 0.4) is 0 Å². The lowest BCUT2D eigenvalue weighted by Gasteiger charge is -2.43. The molecule has 1 aliphatic rings. The molecule has 1 saturated heterocycles. The molecule has 0 aliphatic carbocycles. The van der Waals surface area contributed by atoms with Crippen LogP contribution in [-0.4, -0.2) is 62.2 Å². The van der Waals surface area contributed by atoms with Crippen molar-refractivity contribution >= 4 is 11.6 Å². The van der Waals surface area contributed by atoms with Crippen molar-refractivity contribution in [2.45, 2.75) is 32.9 Å². The Balaban J connectivity index is 1.68. The number of carbonyl (C=O) groups is 1. The number of ether oxygens (including phenoxy) is 2. The van der Waals surface area contributed by atoms with Crippen molar-refractivity contribution in [3.8, 4) is 33.8 Å². The summed E-state index contributed by atoms with van der Waals surface area (Å²) in [5.74, 6) is 0.145. The van der Waals surface area contributed by atoms with Crippen molar-refractivity contribution < 1.29 is 14.3 Å². The van der Waals surface area contributed by atoms with E-state index in [2.05, 4.69) is 66.9 Å². The molecule has 2 atom stereocenters. The number of pyridine rings is 1. The van der Waals surface area contributed by atoms with Crippen LogP contribution in [0.1, 0.15) is 29.8 Å². The second-order valence-corrected chi connectivity index (χ2v) is 9.30. The van der Waals surface area contributed by atoms with Gasteiger partial charge in [0.05, 0.1) is 14.2 Å². The van der Waals surface area contributed by atoms with Gasteiger partial charge in [-0.25, -0.2) is 0 Å². The number of carbonyl (C=O) groups excluding carboxylic acids is 1. The number of amides is 1. The number of primary amides is 1. The van der Waals surface area contributed by atoms with Gasteiger partial charge in [-0.05, 0) is 68.8 Å². The lowest BCUT2D eigenvalue weighted by molar-refractivity contribution is 0.0994. The molecule has 2 heterocycles. The molecule has 3 aromatic rings. The quantitative estimate of drug-likeness (QED) is 0.571.